The highest BCUT2D eigenvalue weighted by Crippen LogP contribution is 2.30. The van der Waals surface area contributed by atoms with Crippen molar-refractivity contribution in [3.8, 4) is 5.69 Å². The number of nitrogens with two attached hydrogens (primary N) is 1. The summed E-state index contributed by atoms with van der Waals surface area (Å²) in [5, 5.41) is 4.29. The van der Waals surface area contributed by atoms with Crippen LogP contribution >= 0.6 is 0 Å². The van der Waals surface area contributed by atoms with Gasteiger partial charge < -0.3 is 10.5 Å². The van der Waals surface area contributed by atoms with Crippen LogP contribution in [0, 0.1) is 6.92 Å². The van der Waals surface area contributed by atoms with Crippen molar-refractivity contribution in [2.24, 2.45) is 10.7 Å². The molecule has 1 unspecified atom stereocenters. The Balaban J connectivity index is 2.03. The van der Waals surface area contributed by atoms with Gasteiger partial charge in [0, 0.05) is 18.2 Å². The van der Waals surface area contributed by atoms with Gasteiger partial charge in [0.05, 0.1) is 11.4 Å². The van der Waals surface area contributed by atoms with Gasteiger partial charge in [0.1, 0.15) is 0 Å². The molecule has 0 aliphatic carbocycles. The van der Waals surface area contributed by atoms with Crippen LogP contribution in [-0.4, -0.2) is 33.5 Å². The first-order valence-electron chi connectivity index (χ1n) is 8.12. The van der Waals surface area contributed by atoms with E-state index in [4.69, 9.17) is 15.5 Å². The Bertz CT molecular complexity index is 1020. The number of aryl methyl sites for hydroxylation is 1. The molecule has 7 nitrogen and oxygen atoms in total. The number of hydrogen-bond donors (Lipinski definition) is 1. The van der Waals surface area contributed by atoms with Crippen molar-refractivity contribution in [3.05, 3.63) is 76.9 Å². The lowest BCUT2D eigenvalue weighted by Crippen LogP contribution is -2.14. The number of aromatic nitrogens is 3. The summed E-state index contributed by atoms with van der Waals surface area (Å²) in [6.45, 7) is 2.01. The fourth-order valence-corrected chi connectivity index (χ4v) is 3.02. The topological polar surface area (TPSA) is 95.4 Å². The number of nitrogens with zero attached hydrogens (tertiary/aromatic N) is 4. The monoisotopic (exact) mass is 347 g/mol. The third-order valence-electron chi connectivity index (χ3n) is 4.23. The average molecular weight is 347 g/mol. The Morgan fingerprint density at radius 3 is 2.65 bits per heavy atom. The normalized spacial score (nSPS) is 15.6. The number of fused-ring (bicyclic) bond motifs is 3. The maximum atomic E-state index is 11.6. The summed E-state index contributed by atoms with van der Waals surface area (Å²) < 4.78 is 7.13. The highest BCUT2D eigenvalue weighted by molar-refractivity contribution is 6.15. The molecule has 0 spiro atoms. The van der Waals surface area contributed by atoms with Gasteiger partial charge >= 0.3 is 0 Å². The van der Waals surface area contributed by atoms with E-state index in [1.807, 2.05) is 55.5 Å². The number of ether oxygens (including phenoxy) is 1. The number of carbonyl (C=O) groups excluding carboxylic acids is 1. The lowest BCUT2D eigenvalue weighted by molar-refractivity contribution is 0.0985. The van der Waals surface area contributed by atoms with Crippen LogP contribution in [-0.2, 0) is 4.74 Å². The second-order valence-corrected chi connectivity index (χ2v) is 6.02. The molecule has 0 saturated heterocycles. The van der Waals surface area contributed by atoms with Gasteiger partial charge in [0.2, 0.25) is 12.1 Å². The van der Waals surface area contributed by atoms with Gasteiger partial charge in [-0.3, -0.25) is 4.79 Å². The van der Waals surface area contributed by atoms with Crippen molar-refractivity contribution in [2.45, 2.75) is 13.2 Å². The van der Waals surface area contributed by atoms with Crippen molar-refractivity contribution in [3.63, 3.8) is 0 Å². The molecule has 0 radical (unpaired) electrons. The first-order valence-corrected chi connectivity index (χ1v) is 8.12. The highest BCUT2D eigenvalue weighted by Gasteiger charge is 2.29. The zero-order chi connectivity index (χ0) is 18.3. The van der Waals surface area contributed by atoms with E-state index in [0.717, 1.165) is 28.1 Å². The molecule has 1 atom stereocenters. The molecule has 7 heteroatoms. The van der Waals surface area contributed by atoms with Gasteiger partial charge in [-0.05, 0) is 19.1 Å². The van der Waals surface area contributed by atoms with E-state index in [2.05, 4.69) is 10.1 Å². The molecule has 26 heavy (non-hydrogen) atoms. The van der Waals surface area contributed by atoms with E-state index in [9.17, 15) is 4.79 Å². The van der Waals surface area contributed by atoms with E-state index in [0.29, 0.717) is 5.82 Å². The van der Waals surface area contributed by atoms with E-state index in [1.54, 1.807) is 11.8 Å². The van der Waals surface area contributed by atoms with Crippen LogP contribution < -0.4 is 5.73 Å². The zero-order valence-electron chi connectivity index (χ0n) is 14.4. The van der Waals surface area contributed by atoms with Gasteiger partial charge in [0.15, 0.2) is 5.82 Å². The number of hydrogen-bond acceptors (Lipinski definition) is 5. The van der Waals surface area contributed by atoms with Crippen molar-refractivity contribution >= 4 is 11.6 Å². The number of primary amides is 1. The van der Waals surface area contributed by atoms with Gasteiger partial charge in [0.25, 0.3) is 5.91 Å². The van der Waals surface area contributed by atoms with Crippen molar-refractivity contribution in [2.75, 3.05) is 7.11 Å². The largest absolute Gasteiger partial charge is 0.363 e. The van der Waals surface area contributed by atoms with E-state index in [-0.39, 0.29) is 5.82 Å². The minimum atomic E-state index is -0.710. The fraction of sp³-hybridized carbons (Fsp3) is 0.158. The summed E-state index contributed by atoms with van der Waals surface area (Å²) in [4.78, 5) is 20.6. The van der Waals surface area contributed by atoms with E-state index < -0.39 is 12.1 Å². The SMILES string of the molecule is COC1N=C(c2ccccc2)c2cc(C)ccc2-n2nc(C(N)=O)nc21. The second-order valence-electron chi connectivity index (χ2n) is 6.02. The molecule has 130 valence electrons. The molecule has 1 aromatic heterocycles. The zero-order valence-corrected chi connectivity index (χ0v) is 14.4. The molecule has 4 rings (SSSR count). The quantitative estimate of drug-likeness (QED) is 0.785. The summed E-state index contributed by atoms with van der Waals surface area (Å²) in [6, 6.07) is 15.8. The maximum Gasteiger partial charge on any atom is 0.288 e. The summed E-state index contributed by atoms with van der Waals surface area (Å²) in [5.41, 5.74) is 9.84. The number of rotatable bonds is 3. The van der Waals surface area contributed by atoms with E-state index in [1.165, 1.54) is 0 Å². The molecule has 0 fully saturated rings. The molecule has 2 N–H and O–H groups in total. The van der Waals surface area contributed by atoms with Gasteiger partial charge in [-0.1, -0.05) is 42.0 Å². The third-order valence-corrected chi connectivity index (χ3v) is 4.23. The fourth-order valence-electron chi connectivity index (χ4n) is 3.02. The Labute approximate surface area is 150 Å². The first kappa shape index (κ1) is 16.2. The Morgan fingerprint density at radius 2 is 1.96 bits per heavy atom. The predicted molar refractivity (Wildman–Crippen MR) is 96.4 cm³/mol. The number of amides is 1. The molecule has 0 saturated carbocycles. The molecular formula is C19H17N5O2. The summed E-state index contributed by atoms with van der Waals surface area (Å²) in [7, 11) is 1.54. The molecule has 3 aromatic rings. The van der Waals surface area contributed by atoms with Crippen LogP contribution in [0.4, 0.5) is 0 Å². The Hall–Kier alpha value is -3.32. The van der Waals surface area contributed by atoms with Crippen molar-refractivity contribution in [1.82, 2.24) is 14.8 Å². The maximum absolute atomic E-state index is 11.6. The lowest BCUT2D eigenvalue weighted by Gasteiger charge is -2.11. The summed E-state index contributed by atoms with van der Waals surface area (Å²) in [5.74, 6) is -0.342. The highest BCUT2D eigenvalue weighted by atomic mass is 16.5. The molecule has 1 aliphatic heterocycles. The van der Waals surface area contributed by atoms with Crippen LogP contribution in [0.15, 0.2) is 53.5 Å². The Morgan fingerprint density at radius 1 is 1.19 bits per heavy atom. The smallest absolute Gasteiger partial charge is 0.288 e. The van der Waals surface area contributed by atoms with Gasteiger partial charge in [-0.15, -0.1) is 5.10 Å². The first-order chi connectivity index (χ1) is 12.6. The predicted octanol–water partition coefficient (Wildman–Crippen LogP) is 2.17. The molecule has 2 heterocycles. The molecule has 0 bridgehead atoms. The van der Waals surface area contributed by atoms with Crippen LogP contribution in [0.1, 0.15) is 39.4 Å². The van der Waals surface area contributed by atoms with E-state index >= 15 is 0 Å². The molecule has 1 amide bonds. The standard InChI is InChI=1S/C19H17N5O2/c1-11-8-9-14-13(10-11)15(12-6-4-3-5-7-12)21-19(26-2)18-22-17(16(20)25)23-24(14)18/h3-10,19H,1-2H3,(H2,20,25). The lowest BCUT2D eigenvalue weighted by atomic mass is 9.99. The third kappa shape index (κ3) is 2.58. The van der Waals surface area contributed by atoms with Crippen molar-refractivity contribution in [1.29, 1.82) is 0 Å². The molecular weight excluding hydrogens is 330 g/mol. The molecule has 2 aromatic carbocycles. The number of methoxy groups -OCH3 is 1. The van der Waals surface area contributed by atoms with Crippen LogP contribution in [0.25, 0.3) is 5.69 Å². The minimum absolute atomic E-state index is 0.0630. The van der Waals surface area contributed by atoms with Gasteiger partial charge in [-0.25, -0.2) is 14.7 Å². The minimum Gasteiger partial charge on any atom is -0.363 e. The average Bonchev–Trinajstić information content (AvgIpc) is 3.04. The van der Waals surface area contributed by atoms with Crippen LogP contribution in [0.2, 0.25) is 0 Å². The van der Waals surface area contributed by atoms with Gasteiger partial charge in [-0.2, -0.15) is 0 Å². The number of benzene rings is 2. The molecule has 1 aliphatic rings. The number of carbonyl (C=O) groups is 1. The second kappa shape index (κ2) is 6.20. The summed E-state index contributed by atoms with van der Waals surface area (Å²) in [6.07, 6.45) is -0.710. The van der Waals surface area contributed by atoms with Crippen LogP contribution in [0.3, 0.4) is 0 Å². The number of aliphatic imine (C=N–C) groups is 1. The Kier molecular flexibility index (Phi) is 3.85. The summed E-state index contributed by atoms with van der Waals surface area (Å²) >= 11 is 0. The van der Waals surface area contributed by atoms with Crippen LogP contribution in [0.5, 0.6) is 0 Å². The van der Waals surface area contributed by atoms with Crippen molar-refractivity contribution < 1.29 is 9.53 Å².